The van der Waals surface area contributed by atoms with Crippen LogP contribution in [-0.4, -0.2) is 47.0 Å². The average molecular weight is 450 g/mol. The van der Waals surface area contributed by atoms with Gasteiger partial charge >= 0.3 is 0 Å². The Labute approximate surface area is 194 Å². The highest BCUT2D eigenvalue weighted by Crippen LogP contribution is 2.36. The molecule has 1 N–H and O–H groups in total. The summed E-state index contributed by atoms with van der Waals surface area (Å²) in [5.74, 6) is 0.970. The molecular weight excluding hydrogens is 418 g/mol. The van der Waals surface area contributed by atoms with Crippen LogP contribution in [0.15, 0.2) is 42.7 Å². The number of pyridine rings is 1. The van der Waals surface area contributed by atoms with Gasteiger partial charge in [-0.25, -0.2) is 0 Å². The predicted molar refractivity (Wildman–Crippen MR) is 123 cm³/mol. The molecule has 1 aromatic heterocycles. The van der Waals surface area contributed by atoms with E-state index in [9.17, 15) is 9.59 Å². The van der Waals surface area contributed by atoms with Crippen molar-refractivity contribution in [3.05, 3.63) is 53.9 Å². The molecule has 174 valence electrons. The minimum atomic E-state index is -0.697. The Morgan fingerprint density at radius 3 is 2.30 bits per heavy atom. The number of carbonyl (C=O) groups excluding carboxylic acids is 2. The van der Waals surface area contributed by atoms with Gasteiger partial charge in [-0.2, -0.15) is 0 Å². The highest BCUT2D eigenvalue weighted by atomic mass is 16.6. The Kier molecular flexibility index (Phi) is 6.46. The van der Waals surface area contributed by atoms with Gasteiger partial charge in [0.2, 0.25) is 5.91 Å². The van der Waals surface area contributed by atoms with Crippen molar-refractivity contribution >= 4 is 11.8 Å². The molecule has 1 aliphatic heterocycles. The maximum Gasteiger partial charge on any atom is 0.255 e. The molecule has 0 radical (unpaired) electrons. The van der Waals surface area contributed by atoms with Gasteiger partial charge in [-0.1, -0.05) is 25.7 Å². The lowest BCUT2D eigenvalue weighted by molar-refractivity contribution is -0.127. The van der Waals surface area contributed by atoms with E-state index in [-0.39, 0.29) is 23.9 Å². The number of rotatable bonds is 6. The quantitative estimate of drug-likeness (QED) is 0.720. The summed E-state index contributed by atoms with van der Waals surface area (Å²) < 4.78 is 11.3. The summed E-state index contributed by atoms with van der Waals surface area (Å²) in [4.78, 5) is 33.7. The molecule has 1 atom stereocenters. The highest BCUT2D eigenvalue weighted by Gasteiger charge is 2.39. The maximum atomic E-state index is 14.0. The number of aromatic nitrogens is 1. The van der Waals surface area contributed by atoms with Gasteiger partial charge in [-0.05, 0) is 61.6 Å². The lowest BCUT2D eigenvalue weighted by Gasteiger charge is -2.37. The van der Waals surface area contributed by atoms with Crippen LogP contribution in [0, 0.1) is 0 Å². The zero-order valence-electron chi connectivity index (χ0n) is 18.9. The Morgan fingerprint density at radius 1 is 0.909 bits per heavy atom. The number of fused-ring (bicyclic) bond motifs is 1. The number of ether oxygens (including phenoxy) is 2. The Hall–Kier alpha value is -3.09. The van der Waals surface area contributed by atoms with Crippen LogP contribution in [-0.2, 0) is 4.79 Å². The number of carbonyl (C=O) groups is 2. The van der Waals surface area contributed by atoms with Crippen molar-refractivity contribution in [3.63, 3.8) is 0 Å². The van der Waals surface area contributed by atoms with Crippen molar-refractivity contribution in [2.75, 3.05) is 13.2 Å². The van der Waals surface area contributed by atoms with Crippen LogP contribution in [0.2, 0.25) is 0 Å². The van der Waals surface area contributed by atoms with Crippen LogP contribution < -0.4 is 14.8 Å². The molecule has 3 aliphatic rings. The standard InChI is InChI=1S/C26H31N3O4/c30-25(28-20-5-1-2-6-20)24(18-11-13-27-14-12-18)29(21-7-3-4-8-21)26(31)19-9-10-22-23(17-19)33-16-15-32-22/h9-14,17,20-21,24H,1-8,15-16H2,(H,28,30). The second kappa shape index (κ2) is 9.81. The van der Waals surface area contributed by atoms with E-state index in [1.54, 1.807) is 30.6 Å². The summed E-state index contributed by atoms with van der Waals surface area (Å²) in [5.41, 5.74) is 1.30. The van der Waals surface area contributed by atoms with E-state index in [1.807, 2.05) is 17.0 Å². The Bertz CT molecular complexity index is 984. The molecule has 0 spiro atoms. The zero-order chi connectivity index (χ0) is 22.6. The lowest BCUT2D eigenvalue weighted by Crippen LogP contribution is -2.49. The summed E-state index contributed by atoms with van der Waals surface area (Å²) >= 11 is 0. The van der Waals surface area contributed by atoms with Crippen molar-refractivity contribution < 1.29 is 19.1 Å². The first-order chi connectivity index (χ1) is 16.2. The molecule has 1 unspecified atom stereocenters. The van der Waals surface area contributed by atoms with Gasteiger partial charge < -0.3 is 19.7 Å². The Morgan fingerprint density at radius 2 is 1.58 bits per heavy atom. The van der Waals surface area contributed by atoms with Crippen molar-refractivity contribution in [2.45, 2.75) is 69.5 Å². The number of benzene rings is 1. The minimum absolute atomic E-state index is 0.0122. The van der Waals surface area contributed by atoms with Gasteiger partial charge in [0.25, 0.3) is 5.91 Å². The summed E-state index contributed by atoms with van der Waals surface area (Å²) in [6.45, 7) is 0.959. The molecule has 0 bridgehead atoms. The molecular formula is C26H31N3O4. The maximum absolute atomic E-state index is 14.0. The van der Waals surface area contributed by atoms with Gasteiger partial charge in [-0.3, -0.25) is 14.6 Å². The second-order valence-corrected chi connectivity index (χ2v) is 9.18. The average Bonchev–Trinajstić information content (AvgIpc) is 3.57. The lowest BCUT2D eigenvalue weighted by atomic mass is 10.00. The van der Waals surface area contributed by atoms with Gasteiger partial charge in [0, 0.05) is 30.0 Å². The van der Waals surface area contributed by atoms with Crippen molar-refractivity contribution in [1.82, 2.24) is 15.2 Å². The normalized spacial score (nSPS) is 19.3. The van der Waals surface area contributed by atoms with Crippen molar-refractivity contribution in [1.29, 1.82) is 0 Å². The third kappa shape index (κ3) is 4.68. The molecule has 2 amide bonds. The van der Waals surface area contributed by atoms with Crippen LogP contribution in [0.25, 0.3) is 0 Å². The summed E-state index contributed by atoms with van der Waals surface area (Å²) in [5, 5.41) is 3.24. The topological polar surface area (TPSA) is 80.8 Å². The molecule has 2 fully saturated rings. The number of nitrogens with one attached hydrogen (secondary N) is 1. The van der Waals surface area contributed by atoms with Crippen LogP contribution in [0.1, 0.15) is 73.3 Å². The Balaban J connectivity index is 1.51. The molecule has 7 nitrogen and oxygen atoms in total. The first-order valence-electron chi connectivity index (χ1n) is 12.1. The van der Waals surface area contributed by atoms with Crippen LogP contribution in [0.3, 0.4) is 0 Å². The molecule has 2 saturated carbocycles. The van der Waals surface area contributed by atoms with Crippen LogP contribution in [0.4, 0.5) is 0 Å². The third-order valence-electron chi connectivity index (χ3n) is 6.99. The van der Waals surface area contributed by atoms with Crippen LogP contribution in [0.5, 0.6) is 11.5 Å². The number of amides is 2. The van der Waals surface area contributed by atoms with Gasteiger partial charge in [0.15, 0.2) is 11.5 Å². The predicted octanol–water partition coefficient (Wildman–Crippen LogP) is 4.04. The molecule has 2 aliphatic carbocycles. The monoisotopic (exact) mass is 449 g/mol. The molecule has 5 rings (SSSR count). The summed E-state index contributed by atoms with van der Waals surface area (Å²) in [7, 11) is 0. The molecule has 1 aromatic carbocycles. The smallest absolute Gasteiger partial charge is 0.255 e. The van der Waals surface area contributed by atoms with E-state index in [4.69, 9.17) is 9.47 Å². The first kappa shape index (κ1) is 21.7. The SMILES string of the molecule is O=C(NC1CCCC1)C(c1ccncc1)N(C(=O)c1ccc2c(c1)OCCO2)C1CCCC1. The van der Waals surface area contributed by atoms with E-state index in [0.29, 0.717) is 30.3 Å². The van der Waals surface area contributed by atoms with E-state index in [1.165, 1.54) is 0 Å². The first-order valence-corrected chi connectivity index (χ1v) is 12.1. The van der Waals surface area contributed by atoms with Crippen molar-refractivity contribution in [3.8, 4) is 11.5 Å². The zero-order valence-corrected chi connectivity index (χ0v) is 18.9. The van der Waals surface area contributed by atoms with Gasteiger partial charge in [0.05, 0.1) is 0 Å². The summed E-state index contributed by atoms with van der Waals surface area (Å²) in [6.07, 6.45) is 11.5. The highest BCUT2D eigenvalue weighted by molar-refractivity contribution is 5.98. The minimum Gasteiger partial charge on any atom is -0.486 e. The summed E-state index contributed by atoms with van der Waals surface area (Å²) in [6, 6.07) is 8.49. The fourth-order valence-corrected chi connectivity index (χ4v) is 5.34. The van der Waals surface area contributed by atoms with Gasteiger partial charge in [-0.15, -0.1) is 0 Å². The van der Waals surface area contributed by atoms with E-state index in [0.717, 1.165) is 56.9 Å². The number of hydrogen-bond donors (Lipinski definition) is 1. The van der Waals surface area contributed by atoms with Gasteiger partial charge in [0.1, 0.15) is 19.3 Å². The fraction of sp³-hybridized carbons (Fsp3) is 0.500. The molecule has 7 heteroatoms. The largest absolute Gasteiger partial charge is 0.486 e. The third-order valence-corrected chi connectivity index (χ3v) is 6.99. The van der Waals surface area contributed by atoms with E-state index < -0.39 is 6.04 Å². The molecule has 2 aromatic rings. The van der Waals surface area contributed by atoms with Crippen molar-refractivity contribution in [2.24, 2.45) is 0 Å². The molecule has 0 saturated heterocycles. The van der Waals surface area contributed by atoms with Crippen LogP contribution >= 0.6 is 0 Å². The fourth-order valence-electron chi connectivity index (χ4n) is 5.34. The number of hydrogen-bond acceptors (Lipinski definition) is 5. The second-order valence-electron chi connectivity index (χ2n) is 9.18. The molecule has 33 heavy (non-hydrogen) atoms. The molecule has 2 heterocycles. The number of nitrogens with zero attached hydrogens (tertiary/aromatic N) is 2. The van der Waals surface area contributed by atoms with E-state index in [2.05, 4.69) is 10.3 Å². The van der Waals surface area contributed by atoms with E-state index >= 15 is 0 Å².